The van der Waals surface area contributed by atoms with Gasteiger partial charge in [0.15, 0.2) is 0 Å². The number of nitrogens with one attached hydrogen (secondary N) is 2. The fourth-order valence-electron chi connectivity index (χ4n) is 0.809. The second-order valence-electron chi connectivity index (χ2n) is 2.36. The van der Waals surface area contributed by atoms with E-state index in [2.05, 4.69) is 9.97 Å². The van der Waals surface area contributed by atoms with Crippen LogP contribution in [0.15, 0.2) is 12.5 Å². The highest BCUT2D eigenvalue weighted by atomic mass is 16.5. The lowest BCUT2D eigenvalue weighted by atomic mass is 10.2. The topological polar surface area (TPSA) is 104 Å². The van der Waals surface area contributed by atoms with Gasteiger partial charge in [-0.1, -0.05) is 0 Å². The number of rotatable bonds is 3. The van der Waals surface area contributed by atoms with E-state index < -0.39 is 11.9 Å². The van der Waals surface area contributed by atoms with Crippen LogP contribution in [-0.2, 0) is 11.2 Å². The first-order valence-electron chi connectivity index (χ1n) is 3.41. The van der Waals surface area contributed by atoms with Crippen LogP contribution in [0, 0.1) is 0 Å². The summed E-state index contributed by atoms with van der Waals surface area (Å²) in [5, 5.41) is 8.23. The second-order valence-corrected chi connectivity index (χ2v) is 2.36. The number of hydrogen-bond acceptors (Lipinski definition) is 4. The van der Waals surface area contributed by atoms with Gasteiger partial charge < -0.3 is 10.7 Å². The summed E-state index contributed by atoms with van der Waals surface area (Å²) in [7, 11) is 0. The lowest BCUT2D eigenvalue weighted by Gasteiger charge is -2.06. The molecule has 0 fully saturated rings. The summed E-state index contributed by atoms with van der Waals surface area (Å²) >= 11 is 0. The van der Waals surface area contributed by atoms with Crippen LogP contribution in [0.25, 0.3) is 0 Å². The van der Waals surface area contributed by atoms with Gasteiger partial charge in [0.1, 0.15) is 0 Å². The third-order valence-electron chi connectivity index (χ3n) is 1.44. The highest BCUT2D eigenvalue weighted by Crippen LogP contribution is 1.95. The molecule has 1 rings (SSSR count). The van der Waals surface area contributed by atoms with Crippen LogP contribution >= 0.6 is 0 Å². The fraction of sp³-hybridized carbons (Fsp3) is 0.333. The average molecular weight is 170 g/mol. The molecule has 0 saturated heterocycles. The standard InChI is InChI=1S/C6H10N4O2/c7-5(6(11)10-12)1-4-2-8-3-9-4/h2-3,5,12H,1,7H2,(H,8,9)(H,10,11). The molecule has 1 heterocycles. The molecule has 0 aromatic carbocycles. The van der Waals surface area contributed by atoms with Gasteiger partial charge in [-0.3, -0.25) is 10.0 Å². The number of nitrogens with zero attached hydrogens (tertiary/aromatic N) is 1. The van der Waals surface area contributed by atoms with E-state index in [-0.39, 0.29) is 0 Å². The molecule has 0 radical (unpaired) electrons. The number of imidazole rings is 1. The number of H-pyrrole nitrogens is 1. The Morgan fingerprint density at radius 1 is 1.92 bits per heavy atom. The molecule has 0 saturated carbocycles. The molecule has 66 valence electrons. The van der Waals surface area contributed by atoms with Crippen molar-refractivity contribution >= 4 is 5.91 Å². The molecular weight excluding hydrogens is 160 g/mol. The molecule has 1 atom stereocenters. The summed E-state index contributed by atoms with van der Waals surface area (Å²) in [5.41, 5.74) is 7.63. The SMILES string of the molecule is NC(Cc1cnc[nH]1)C(=O)NO. The Morgan fingerprint density at radius 3 is 3.17 bits per heavy atom. The van der Waals surface area contributed by atoms with Crippen LogP contribution < -0.4 is 11.2 Å². The minimum Gasteiger partial charge on any atom is -0.348 e. The third-order valence-corrected chi connectivity index (χ3v) is 1.44. The molecule has 0 aliphatic rings. The fourth-order valence-corrected chi connectivity index (χ4v) is 0.809. The molecule has 1 aromatic heterocycles. The molecule has 5 N–H and O–H groups in total. The Labute approximate surface area is 68.8 Å². The largest absolute Gasteiger partial charge is 0.348 e. The maximum absolute atomic E-state index is 10.7. The Kier molecular flexibility index (Phi) is 2.78. The summed E-state index contributed by atoms with van der Waals surface area (Å²) in [6.45, 7) is 0. The first-order chi connectivity index (χ1) is 5.74. The molecule has 1 aromatic rings. The van der Waals surface area contributed by atoms with Crippen molar-refractivity contribution in [2.75, 3.05) is 0 Å². The van der Waals surface area contributed by atoms with Crippen LogP contribution in [-0.4, -0.2) is 27.1 Å². The molecule has 6 heteroatoms. The average Bonchev–Trinajstić information content (AvgIpc) is 2.55. The normalized spacial score (nSPS) is 12.5. The Bertz CT molecular complexity index is 246. The van der Waals surface area contributed by atoms with Crippen molar-refractivity contribution in [2.24, 2.45) is 5.73 Å². The smallest absolute Gasteiger partial charge is 0.260 e. The number of carbonyl (C=O) groups excluding carboxylic acids is 1. The van der Waals surface area contributed by atoms with Gasteiger partial charge in [-0.25, -0.2) is 10.5 Å². The molecule has 6 nitrogen and oxygen atoms in total. The minimum absolute atomic E-state index is 0.326. The van der Waals surface area contributed by atoms with Gasteiger partial charge in [0, 0.05) is 18.3 Å². The van der Waals surface area contributed by atoms with Crippen molar-refractivity contribution in [3.63, 3.8) is 0 Å². The third kappa shape index (κ3) is 2.04. The number of nitrogens with two attached hydrogens (primary N) is 1. The zero-order valence-electron chi connectivity index (χ0n) is 6.32. The van der Waals surface area contributed by atoms with E-state index in [4.69, 9.17) is 10.9 Å². The van der Waals surface area contributed by atoms with Gasteiger partial charge in [-0.15, -0.1) is 0 Å². The van der Waals surface area contributed by atoms with Crippen LogP contribution in [0.5, 0.6) is 0 Å². The summed E-state index contributed by atoms with van der Waals surface area (Å²) in [6.07, 6.45) is 3.40. The van der Waals surface area contributed by atoms with Gasteiger partial charge in [0.05, 0.1) is 12.4 Å². The number of hydrogen-bond donors (Lipinski definition) is 4. The number of aromatic nitrogens is 2. The van der Waals surface area contributed by atoms with Crippen molar-refractivity contribution in [1.82, 2.24) is 15.4 Å². The summed E-state index contributed by atoms with van der Waals surface area (Å²) in [4.78, 5) is 17.3. The Hall–Kier alpha value is -1.40. The van der Waals surface area contributed by atoms with E-state index in [1.807, 2.05) is 0 Å². The highest BCUT2D eigenvalue weighted by Gasteiger charge is 2.13. The van der Waals surface area contributed by atoms with E-state index >= 15 is 0 Å². The van der Waals surface area contributed by atoms with Crippen molar-refractivity contribution in [3.8, 4) is 0 Å². The van der Waals surface area contributed by atoms with Crippen LogP contribution in [0.4, 0.5) is 0 Å². The van der Waals surface area contributed by atoms with Gasteiger partial charge in [0.25, 0.3) is 5.91 Å². The zero-order chi connectivity index (χ0) is 8.97. The first-order valence-corrected chi connectivity index (χ1v) is 3.41. The van der Waals surface area contributed by atoms with Crippen molar-refractivity contribution in [3.05, 3.63) is 18.2 Å². The van der Waals surface area contributed by atoms with Crippen molar-refractivity contribution in [2.45, 2.75) is 12.5 Å². The number of carbonyl (C=O) groups is 1. The van der Waals surface area contributed by atoms with Crippen molar-refractivity contribution in [1.29, 1.82) is 0 Å². The molecule has 12 heavy (non-hydrogen) atoms. The number of hydroxylamine groups is 1. The maximum Gasteiger partial charge on any atom is 0.260 e. The zero-order valence-corrected chi connectivity index (χ0v) is 6.32. The lowest BCUT2D eigenvalue weighted by molar-refractivity contribution is -0.130. The summed E-state index contributed by atoms with van der Waals surface area (Å²) in [6, 6.07) is -0.754. The second kappa shape index (κ2) is 3.84. The van der Waals surface area contributed by atoms with E-state index in [0.29, 0.717) is 6.42 Å². The van der Waals surface area contributed by atoms with Gasteiger partial charge in [0.2, 0.25) is 0 Å². The van der Waals surface area contributed by atoms with E-state index in [1.54, 1.807) is 6.20 Å². The number of amides is 1. The molecule has 1 unspecified atom stereocenters. The molecule has 0 spiro atoms. The van der Waals surface area contributed by atoms with E-state index in [0.717, 1.165) is 5.69 Å². The van der Waals surface area contributed by atoms with E-state index in [1.165, 1.54) is 11.8 Å². The summed E-state index contributed by atoms with van der Waals surface area (Å²) < 4.78 is 0. The Balaban J connectivity index is 2.47. The molecule has 0 aliphatic carbocycles. The molecule has 0 aliphatic heterocycles. The van der Waals surface area contributed by atoms with Gasteiger partial charge in [-0.05, 0) is 0 Å². The number of aromatic amines is 1. The van der Waals surface area contributed by atoms with Gasteiger partial charge >= 0.3 is 0 Å². The first kappa shape index (κ1) is 8.69. The quantitative estimate of drug-likeness (QED) is 0.337. The minimum atomic E-state index is -0.754. The summed E-state index contributed by atoms with van der Waals surface area (Å²) in [5.74, 6) is -0.607. The van der Waals surface area contributed by atoms with Crippen LogP contribution in [0.2, 0.25) is 0 Å². The van der Waals surface area contributed by atoms with Crippen molar-refractivity contribution < 1.29 is 10.0 Å². The lowest BCUT2D eigenvalue weighted by Crippen LogP contribution is -2.40. The highest BCUT2D eigenvalue weighted by molar-refractivity contribution is 5.80. The molecule has 1 amide bonds. The predicted octanol–water partition coefficient (Wildman–Crippen LogP) is -1.22. The monoisotopic (exact) mass is 170 g/mol. The maximum atomic E-state index is 10.7. The van der Waals surface area contributed by atoms with E-state index in [9.17, 15) is 4.79 Å². The van der Waals surface area contributed by atoms with Crippen LogP contribution in [0.1, 0.15) is 5.69 Å². The Morgan fingerprint density at radius 2 is 2.67 bits per heavy atom. The predicted molar refractivity (Wildman–Crippen MR) is 40.2 cm³/mol. The van der Waals surface area contributed by atoms with Crippen LogP contribution in [0.3, 0.4) is 0 Å². The van der Waals surface area contributed by atoms with Gasteiger partial charge in [-0.2, -0.15) is 0 Å². The molecule has 0 bridgehead atoms. The molecular formula is C6H10N4O2.